The lowest BCUT2D eigenvalue weighted by Crippen LogP contribution is -2.36. The average Bonchev–Trinajstić information content (AvgIpc) is 2.74. The fraction of sp³-hybridized carbons (Fsp3) is 0.455. The van der Waals surface area contributed by atoms with Gasteiger partial charge in [-0.15, -0.1) is 0 Å². The molecule has 2 heterocycles. The summed E-state index contributed by atoms with van der Waals surface area (Å²) in [7, 11) is 0. The van der Waals surface area contributed by atoms with E-state index in [4.69, 9.17) is 0 Å². The highest BCUT2D eigenvalue weighted by atomic mass is 16.5. The van der Waals surface area contributed by atoms with Crippen LogP contribution in [0, 0.1) is 5.21 Å². The molecule has 80 valence electrons. The van der Waals surface area contributed by atoms with Crippen LogP contribution in [0.3, 0.4) is 0 Å². The Morgan fingerprint density at radius 3 is 2.80 bits per heavy atom. The summed E-state index contributed by atoms with van der Waals surface area (Å²) < 4.78 is 0.758. The van der Waals surface area contributed by atoms with E-state index in [1.165, 1.54) is 6.20 Å². The number of likely N-dealkylation sites (tertiary alicyclic amines) is 1. The monoisotopic (exact) mass is 206 g/mol. The highest BCUT2D eigenvalue weighted by molar-refractivity contribution is 5.78. The molecular formula is C11H14N2O2. The van der Waals surface area contributed by atoms with Crippen LogP contribution in [0.15, 0.2) is 24.4 Å². The fourth-order valence-corrected chi connectivity index (χ4v) is 1.83. The van der Waals surface area contributed by atoms with E-state index >= 15 is 0 Å². The predicted molar refractivity (Wildman–Crippen MR) is 54.9 cm³/mol. The van der Waals surface area contributed by atoms with E-state index in [9.17, 15) is 10.0 Å². The molecule has 0 N–H and O–H groups in total. The molecule has 1 aromatic heterocycles. The van der Waals surface area contributed by atoms with Gasteiger partial charge >= 0.3 is 0 Å². The first-order chi connectivity index (χ1) is 7.27. The van der Waals surface area contributed by atoms with Crippen LogP contribution in [0.4, 0.5) is 0 Å². The van der Waals surface area contributed by atoms with E-state index in [2.05, 4.69) is 0 Å². The number of aromatic nitrogens is 1. The highest BCUT2D eigenvalue weighted by Crippen LogP contribution is 2.09. The minimum atomic E-state index is 0.0586. The average molecular weight is 206 g/mol. The first kappa shape index (κ1) is 9.96. The van der Waals surface area contributed by atoms with Crippen LogP contribution in [-0.4, -0.2) is 23.9 Å². The van der Waals surface area contributed by atoms with Crippen molar-refractivity contribution in [3.05, 3.63) is 35.3 Å². The van der Waals surface area contributed by atoms with Crippen LogP contribution in [-0.2, 0) is 11.2 Å². The van der Waals surface area contributed by atoms with Gasteiger partial charge in [-0.1, -0.05) is 0 Å². The number of amides is 1. The van der Waals surface area contributed by atoms with E-state index in [1.807, 2.05) is 4.90 Å². The molecule has 0 aromatic carbocycles. The Kier molecular flexibility index (Phi) is 2.85. The second kappa shape index (κ2) is 4.29. The van der Waals surface area contributed by atoms with Crippen molar-refractivity contribution >= 4 is 5.91 Å². The van der Waals surface area contributed by atoms with Crippen molar-refractivity contribution in [3.8, 4) is 0 Å². The maximum absolute atomic E-state index is 11.7. The summed E-state index contributed by atoms with van der Waals surface area (Å²) in [5.74, 6) is 0.0586. The number of rotatable bonds is 2. The van der Waals surface area contributed by atoms with Gasteiger partial charge in [-0.3, -0.25) is 4.79 Å². The second-order valence-corrected chi connectivity index (χ2v) is 3.78. The van der Waals surface area contributed by atoms with E-state index < -0.39 is 0 Å². The molecule has 1 fully saturated rings. The molecule has 15 heavy (non-hydrogen) atoms. The minimum Gasteiger partial charge on any atom is -0.618 e. The Bertz CT molecular complexity index is 359. The van der Waals surface area contributed by atoms with Crippen molar-refractivity contribution in [2.45, 2.75) is 19.3 Å². The van der Waals surface area contributed by atoms with Crippen molar-refractivity contribution in [1.82, 2.24) is 4.90 Å². The van der Waals surface area contributed by atoms with Crippen LogP contribution >= 0.6 is 0 Å². The normalized spacial score (nSPS) is 15.6. The molecular weight excluding hydrogens is 192 g/mol. The van der Waals surface area contributed by atoms with Gasteiger partial charge in [0, 0.05) is 25.2 Å². The van der Waals surface area contributed by atoms with E-state index in [1.54, 1.807) is 18.2 Å². The largest absolute Gasteiger partial charge is 0.618 e. The number of hydrogen-bond acceptors (Lipinski definition) is 2. The van der Waals surface area contributed by atoms with Gasteiger partial charge < -0.3 is 10.1 Å². The molecule has 0 saturated carbocycles. The predicted octanol–water partition coefficient (Wildman–Crippen LogP) is 0.485. The first-order valence-electron chi connectivity index (χ1n) is 5.22. The Balaban J connectivity index is 2.02. The minimum absolute atomic E-state index is 0.0586. The lowest BCUT2D eigenvalue weighted by molar-refractivity contribution is -0.613. The smallest absolute Gasteiger partial charge is 0.233 e. The van der Waals surface area contributed by atoms with Crippen molar-refractivity contribution in [2.75, 3.05) is 13.1 Å². The van der Waals surface area contributed by atoms with Crippen LogP contribution in [0.5, 0.6) is 0 Å². The zero-order valence-electron chi connectivity index (χ0n) is 8.56. The van der Waals surface area contributed by atoms with E-state index in [-0.39, 0.29) is 12.3 Å². The van der Waals surface area contributed by atoms with Crippen LogP contribution in [0.1, 0.15) is 18.5 Å². The number of hydrogen-bond donors (Lipinski definition) is 0. The molecule has 1 aromatic rings. The zero-order chi connectivity index (χ0) is 10.7. The quantitative estimate of drug-likeness (QED) is 0.522. The molecule has 1 saturated heterocycles. The molecule has 4 nitrogen and oxygen atoms in total. The molecule has 0 bridgehead atoms. The summed E-state index contributed by atoms with van der Waals surface area (Å²) in [5, 5.41) is 11.3. The van der Waals surface area contributed by atoms with Gasteiger partial charge in [0.05, 0.1) is 0 Å². The van der Waals surface area contributed by atoms with Gasteiger partial charge in [0.1, 0.15) is 6.42 Å². The standard InChI is InChI=1S/C11H14N2O2/c14-11(12-6-3-4-7-12)9-10-5-1-2-8-13(10)15/h1-2,5,8H,3-4,6-7,9H2. The van der Waals surface area contributed by atoms with Crippen LogP contribution in [0.2, 0.25) is 0 Å². The van der Waals surface area contributed by atoms with Crippen LogP contribution < -0.4 is 4.73 Å². The number of carbonyl (C=O) groups excluding carboxylic acids is 1. The summed E-state index contributed by atoms with van der Waals surface area (Å²) >= 11 is 0. The Hall–Kier alpha value is -1.58. The SMILES string of the molecule is O=C(Cc1cccc[n+]1[O-])N1CCCC1. The van der Waals surface area contributed by atoms with Gasteiger partial charge in [0.2, 0.25) is 11.6 Å². The molecule has 0 spiro atoms. The second-order valence-electron chi connectivity index (χ2n) is 3.78. The lowest BCUT2D eigenvalue weighted by Gasteiger charge is -2.14. The first-order valence-corrected chi connectivity index (χ1v) is 5.22. The molecule has 0 unspecified atom stereocenters. The van der Waals surface area contributed by atoms with Gasteiger partial charge in [-0.2, -0.15) is 4.73 Å². The number of carbonyl (C=O) groups is 1. The number of nitrogens with zero attached hydrogens (tertiary/aromatic N) is 2. The topological polar surface area (TPSA) is 47.2 Å². The van der Waals surface area contributed by atoms with Crippen molar-refractivity contribution < 1.29 is 9.52 Å². The third-order valence-corrected chi connectivity index (χ3v) is 2.70. The fourth-order valence-electron chi connectivity index (χ4n) is 1.83. The molecule has 0 aliphatic carbocycles. The summed E-state index contributed by atoms with van der Waals surface area (Å²) in [5.41, 5.74) is 0.523. The Labute approximate surface area is 88.7 Å². The molecule has 0 atom stereocenters. The van der Waals surface area contributed by atoms with Gasteiger partial charge in [0.25, 0.3) is 0 Å². The third kappa shape index (κ3) is 2.26. The molecule has 1 aliphatic rings. The van der Waals surface area contributed by atoms with E-state index in [0.717, 1.165) is 30.7 Å². The maximum Gasteiger partial charge on any atom is 0.233 e. The van der Waals surface area contributed by atoms with Crippen molar-refractivity contribution in [3.63, 3.8) is 0 Å². The van der Waals surface area contributed by atoms with Crippen LogP contribution in [0.25, 0.3) is 0 Å². The third-order valence-electron chi connectivity index (χ3n) is 2.70. The van der Waals surface area contributed by atoms with Gasteiger partial charge in [-0.05, 0) is 18.9 Å². The Morgan fingerprint density at radius 2 is 2.13 bits per heavy atom. The van der Waals surface area contributed by atoms with Crippen molar-refractivity contribution in [2.24, 2.45) is 0 Å². The molecule has 4 heteroatoms. The highest BCUT2D eigenvalue weighted by Gasteiger charge is 2.20. The summed E-state index contributed by atoms with van der Waals surface area (Å²) in [4.78, 5) is 13.6. The molecule has 2 rings (SSSR count). The summed E-state index contributed by atoms with van der Waals surface area (Å²) in [6.07, 6.45) is 3.80. The van der Waals surface area contributed by atoms with Crippen molar-refractivity contribution in [1.29, 1.82) is 0 Å². The summed E-state index contributed by atoms with van der Waals surface area (Å²) in [6.45, 7) is 1.68. The number of pyridine rings is 1. The molecule has 1 amide bonds. The maximum atomic E-state index is 11.7. The zero-order valence-corrected chi connectivity index (χ0v) is 8.56. The lowest BCUT2D eigenvalue weighted by atomic mass is 10.2. The summed E-state index contributed by atoms with van der Waals surface area (Å²) in [6, 6.07) is 5.14. The van der Waals surface area contributed by atoms with Gasteiger partial charge in [0.15, 0.2) is 6.20 Å². The molecule has 1 aliphatic heterocycles. The van der Waals surface area contributed by atoms with E-state index in [0.29, 0.717) is 5.69 Å². The molecule has 0 radical (unpaired) electrons. The van der Waals surface area contributed by atoms with Gasteiger partial charge in [-0.25, -0.2) is 0 Å². The Morgan fingerprint density at radius 1 is 1.40 bits per heavy atom.